The number of fused-ring (bicyclic) bond motifs is 1. The van der Waals surface area contributed by atoms with Crippen molar-refractivity contribution in [1.29, 1.82) is 0 Å². The summed E-state index contributed by atoms with van der Waals surface area (Å²) in [4.78, 5) is 0. The second-order valence-electron chi connectivity index (χ2n) is 5.26. The maximum Gasteiger partial charge on any atom is 0.158 e. The first-order valence-electron chi connectivity index (χ1n) is 6.47. The molecule has 1 unspecified atom stereocenters. The van der Waals surface area contributed by atoms with Crippen LogP contribution in [0.1, 0.15) is 32.2 Å². The summed E-state index contributed by atoms with van der Waals surface area (Å²) in [7, 11) is 0. The molecule has 0 spiro atoms. The molecule has 2 aromatic rings. The van der Waals surface area contributed by atoms with Gasteiger partial charge in [0.25, 0.3) is 0 Å². The molecule has 96 valence electrons. The molecule has 3 rings (SSSR count). The van der Waals surface area contributed by atoms with Crippen molar-refractivity contribution in [2.75, 3.05) is 0 Å². The summed E-state index contributed by atoms with van der Waals surface area (Å²) in [6, 6.07) is 8.26. The second-order valence-corrected chi connectivity index (χ2v) is 5.62. The molecule has 4 heteroatoms. The highest BCUT2D eigenvalue weighted by atomic mass is 35.5. The standard InChI is InChI=1S/C14H17ClN2O/c1-9-6-7-10(8-13(9)18)17-12-5-3-2-4-11(12)14(15)16-17/h2-5,9-10,13,18H,6-8H2,1H3/t9-,10?,13-/m0/s1. The fraction of sp³-hybridized carbons (Fsp3) is 0.500. The summed E-state index contributed by atoms with van der Waals surface area (Å²) >= 11 is 6.17. The van der Waals surface area contributed by atoms with Gasteiger partial charge in [-0.2, -0.15) is 5.10 Å². The van der Waals surface area contributed by atoms with Gasteiger partial charge in [-0.15, -0.1) is 0 Å². The molecule has 1 heterocycles. The lowest BCUT2D eigenvalue weighted by molar-refractivity contribution is 0.0544. The minimum absolute atomic E-state index is 0.231. The van der Waals surface area contributed by atoms with Crippen LogP contribution >= 0.6 is 11.6 Å². The molecule has 1 aliphatic rings. The lowest BCUT2D eigenvalue weighted by Crippen LogP contribution is -2.29. The summed E-state index contributed by atoms with van der Waals surface area (Å²) in [5.74, 6) is 0.388. The highest BCUT2D eigenvalue weighted by Gasteiger charge is 2.28. The van der Waals surface area contributed by atoms with Crippen molar-refractivity contribution >= 4 is 22.5 Å². The van der Waals surface area contributed by atoms with E-state index in [0.29, 0.717) is 11.1 Å². The first-order valence-corrected chi connectivity index (χ1v) is 6.85. The Kier molecular flexibility index (Phi) is 3.04. The second kappa shape index (κ2) is 4.56. The third-order valence-electron chi connectivity index (χ3n) is 4.04. The third-order valence-corrected chi connectivity index (χ3v) is 4.32. The molecule has 0 radical (unpaired) electrons. The smallest absolute Gasteiger partial charge is 0.158 e. The average Bonchev–Trinajstić information content (AvgIpc) is 2.71. The molecule has 18 heavy (non-hydrogen) atoms. The first kappa shape index (κ1) is 12.0. The van der Waals surface area contributed by atoms with Crippen LogP contribution in [0.3, 0.4) is 0 Å². The minimum atomic E-state index is -0.231. The highest BCUT2D eigenvalue weighted by molar-refractivity contribution is 6.34. The molecule has 0 amide bonds. The van der Waals surface area contributed by atoms with Gasteiger partial charge in [-0.1, -0.05) is 30.7 Å². The topological polar surface area (TPSA) is 38.0 Å². The van der Waals surface area contributed by atoms with Crippen LogP contribution in [0.25, 0.3) is 10.9 Å². The van der Waals surface area contributed by atoms with E-state index in [1.807, 2.05) is 28.9 Å². The number of nitrogens with zero attached hydrogens (tertiary/aromatic N) is 2. The van der Waals surface area contributed by atoms with Crippen LogP contribution in [-0.4, -0.2) is 21.0 Å². The summed E-state index contributed by atoms with van der Waals surface area (Å²) < 4.78 is 1.99. The molecule has 0 saturated heterocycles. The first-order chi connectivity index (χ1) is 8.66. The summed E-state index contributed by atoms with van der Waals surface area (Å²) in [6.45, 7) is 2.11. The molecule has 1 N–H and O–H groups in total. The lowest BCUT2D eigenvalue weighted by Gasteiger charge is -2.31. The van der Waals surface area contributed by atoms with Crippen molar-refractivity contribution < 1.29 is 5.11 Å². The molecule has 3 nitrogen and oxygen atoms in total. The Morgan fingerprint density at radius 2 is 2.11 bits per heavy atom. The number of hydrogen-bond acceptors (Lipinski definition) is 2. The predicted molar refractivity (Wildman–Crippen MR) is 72.8 cm³/mol. The number of hydrogen-bond donors (Lipinski definition) is 1. The van der Waals surface area contributed by atoms with Gasteiger partial charge in [-0.25, -0.2) is 0 Å². The monoisotopic (exact) mass is 264 g/mol. The largest absolute Gasteiger partial charge is 0.393 e. The molecule has 3 atom stereocenters. The van der Waals surface area contributed by atoms with Crippen molar-refractivity contribution in [3.8, 4) is 0 Å². The Hall–Kier alpha value is -1.06. The Morgan fingerprint density at radius 3 is 2.89 bits per heavy atom. The van der Waals surface area contributed by atoms with Gasteiger partial charge in [0.2, 0.25) is 0 Å². The van der Waals surface area contributed by atoms with E-state index in [2.05, 4.69) is 12.0 Å². The zero-order valence-corrected chi connectivity index (χ0v) is 11.1. The van der Waals surface area contributed by atoms with Gasteiger partial charge in [0, 0.05) is 5.39 Å². The van der Waals surface area contributed by atoms with Gasteiger partial charge in [-0.3, -0.25) is 4.68 Å². The molecule has 1 aromatic heterocycles. The number of aliphatic hydroxyl groups is 1. The van der Waals surface area contributed by atoms with E-state index in [0.717, 1.165) is 30.2 Å². The fourth-order valence-corrected chi connectivity index (χ4v) is 3.07. The summed E-state index contributed by atoms with van der Waals surface area (Å²) in [6.07, 6.45) is 2.63. The van der Waals surface area contributed by atoms with Gasteiger partial charge in [0.1, 0.15) is 0 Å². The molecular weight excluding hydrogens is 248 g/mol. The number of aliphatic hydroxyl groups excluding tert-OH is 1. The molecule has 0 aliphatic heterocycles. The zero-order chi connectivity index (χ0) is 12.7. The van der Waals surface area contributed by atoms with E-state index in [4.69, 9.17) is 11.6 Å². The van der Waals surface area contributed by atoms with E-state index in [-0.39, 0.29) is 12.1 Å². The van der Waals surface area contributed by atoms with Crippen molar-refractivity contribution in [3.05, 3.63) is 29.4 Å². The Morgan fingerprint density at radius 1 is 1.33 bits per heavy atom. The van der Waals surface area contributed by atoms with Crippen LogP contribution < -0.4 is 0 Å². The minimum Gasteiger partial charge on any atom is -0.393 e. The van der Waals surface area contributed by atoms with E-state index in [1.54, 1.807) is 0 Å². The summed E-state index contributed by atoms with van der Waals surface area (Å²) in [5, 5.41) is 16.0. The Balaban J connectivity index is 2.00. The average molecular weight is 265 g/mol. The maximum atomic E-state index is 10.0. The van der Waals surface area contributed by atoms with Crippen molar-refractivity contribution in [3.63, 3.8) is 0 Å². The zero-order valence-electron chi connectivity index (χ0n) is 10.4. The van der Waals surface area contributed by atoms with E-state index < -0.39 is 0 Å². The predicted octanol–water partition coefficient (Wildman–Crippen LogP) is 3.41. The van der Waals surface area contributed by atoms with Crippen LogP contribution in [0.5, 0.6) is 0 Å². The highest BCUT2D eigenvalue weighted by Crippen LogP contribution is 2.35. The molecule has 1 fully saturated rings. The lowest BCUT2D eigenvalue weighted by atomic mass is 9.85. The van der Waals surface area contributed by atoms with Crippen molar-refractivity contribution in [2.45, 2.75) is 38.3 Å². The van der Waals surface area contributed by atoms with E-state index in [9.17, 15) is 5.11 Å². The fourth-order valence-electron chi connectivity index (χ4n) is 2.83. The molecule has 1 aliphatic carbocycles. The number of rotatable bonds is 1. The normalized spacial score (nSPS) is 28.7. The van der Waals surface area contributed by atoms with Gasteiger partial charge >= 0.3 is 0 Å². The number of benzene rings is 1. The van der Waals surface area contributed by atoms with E-state index >= 15 is 0 Å². The van der Waals surface area contributed by atoms with Crippen molar-refractivity contribution in [2.24, 2.45) is 5.92 Å². The molecular formula is C14H17ClN2O. The van der Waals surface area contributed by atoms with Crippen LogP contribution in [0.15, 0.2) is 24.3 Å². The van der Waals surface area contributed by atoms with Gasteiger partial charge in [-0.05, 0) is 37.3 Å². The van der Waals surface area contributed by atoms with Crippen LogP contribution in [-0.2, 0) is 0 Å². The summed E-state index contributed by atoms with van der Waals surface area (Å²) in [5.41, 5.74) is 1.06. The molecule has 1 aromatic carbocycles. The number of para-hydroxylation sites is 1. The van der Waals surface area contributed by atoms with E-state index in [1.165, 1.54) is 0 Å². The van der Waals surface area contributed by atoms with Gasteiger partial charge < -0.3 is 5.11 Å². The van der Waals surface area contributed by atoms with Gasteiger partial charge in [0.05, 0.1) is 17.7 Å². The van der Waals surface area contributed by atoms with Gasteiger partial charge in [0.15, 0.2) is 5.15 Å². The molecule has 0 bridgehead atoms. The molecule has 1 saturated carbocycles. The van der Waals surface area contributed by atoms with Crippen LogP contribution in [0.4, 0.5) is 0 Å². The SMILES string of the molecule is C[C@H]1CCC(n2nc(Cl)c3ccccc32)C[C@@H]1O. The third kappa shape index (κ3) is 1.91. The van der Waals surface area contributed by atoms with Crippen LogP contribution in [0.2, 0.25) is 5.15 Å². The maximum absolute atomic E-state index is 10.0. The number of aromatic nitrogens is 2. The van der Waals surface area contributed by atoms with Crippen molar-refractivity contribution in [1.82, 2.24) is 9.78 Å². The number of halogens is 1. The quantitative estimate of drug-likeness (QED) is 0.857. The Bertz CT molecular complexity index is 566. The Labute approximate surface area is 111 Å². The van der Waals surface area contributed by atoms with Crippen LogP contribution in [0, 0.1) is 5.92 Å².